The molecule has 0 atom stereocenters. The highest BCUT2D eigenvalue weighted by Crippen LogP contribution is 2.15. The summed E-state index contributed by atoms with van der Waals surface area (Å²) in [5.41, 5.74) is 2.73. The van der Waals surface area contributed by atoms with Crippen LogP contribution < -0.4 is 0 Å². The van der Waals surface area contributed by atoms with Crippen molar-refractivity contribution in [2.24, 2.45) is 0 Å². The van der Waals surface area contributed by atoms with Crippen LogP contribution in [0, 0.1) is 0 Å². The van der Waals surface area contributed by atoms with E-state index in [1.807, 2.05) is 12.1 Å². The number of hydrogen-bond acceptors (Lipinski definition) is 2. The van der Waals surface area contributed by atoms with Crippen molar-refractivity contribution in [3.8, 4) is 0 Å². The van der Waals surface area contributed by atoms with Gasteiger partial charge < -0.3 is 0 Å². The first kappa shape index (κ1) is 14.7. The van der Waals surface area contributed by atoms with E-state index in [1.54, 1.807) is 48.6 Å². The number of hydrogen-bond donors (Lipinski definition) is 0. The number of benzene rings is 2. The van der Waals surface area contributed by atoms with Gasteiger partial charge in [0.05, 0.1) is 6.42 Å². The van der Waals surface area contributed by atoms with Gasteiger partial charge in [0.15, 0.2) is 11.6 Å². The predicted octanol–water partition coefficient (Wildman–Crippen LogP) is 4.43. The van der Waals surface area contributed by atoms with Gasteiger partial charge in [-0.05, 0) is 29.3 Å². The van der Waals surface area contributed by atoms with Crippen LogP contribution in [0.4, 0.5) is 0 Å². The minimum Gasteiger partial charge on any atom is -0.294 e. The minimum atomic E-state index is -0.198. The summed E-state index contributed by atoms with van der Waals surface area (Å²) in [5, 5.41) is 0. The lowest BCUT2D eigenvalue weighted by Gasteiger charge is -2.05. The van der Waals surface area contributed by atoms with E-state index < -0.39 is 0 Å². The van der Waals surface area contributed by atoms with Crippen molar-refractivity contribution in [1.82, 2.24) is 0 Å². The standard InChI is InChI=1S/C19H16O2/c1-3-14-10-15(4-2)12-17(11-14)19(21)13-18(20)16-8-6-5-7-9-16/h3-12H,1-2,13H2. The van der Waals surface area contributed by atoms with Gasteiger partial charge in [0.1, 0.15) is 0 Å². The highest BCUT2D eigenvalue weighted by atomic mass is 16.1. The van der Waals surface area contributed by atoms with Gasteiger partial charge in [-0.3, -0.25) is 9.59 Å². The fourth-order valence-electron chi connectivity index (χ4n) is 2.05. The zero-order valence-corrected chi connectivity index (χ0v) is 11.7. The Morgan fingerprint density at radius 3 is 1.86 bits per heavy atom. The van der Waals surface area contributed by atoms with Crippen LogP contribution in [-0.4, -0.2) is 11.6 Å². The van der Waals surface area contributed by atoms with Gasteiger partial charge in [-0.1, -0.05) is 55.6 Å². The van der Waals surface area contributed by atoms with Gasteiger partial charge >= 0.3 is 0 Å². The monoisotopic (exact) mass is 276 g/mol. The fraction of sp³-hybridized carbons (Fsp3) is 0.0526. The first-order chi connectivity index (χ1) is 10.1. The van der Waals surface area contributed by atoms with Crippen LogP contribution in [0.5, 0.6) is 0 Å². The summed E-state index contributed by atoms with van der Waals surface area (Å²) in [6.45, 7) is 7.41. The van der Waals surface area contributed by atoms with Crippen LogP contribution in [0.25, 0.3) is 12.2 Å². The molecule has 0 saturated carbocycles. The van der Waals surface area contributed by atoms with Crippen LogP contribution in [0.3, 0.4) is 0 Å². The normalized spacial score (nSPS) is 9.90. The molecular weight excluding hydrogens is 260 g/mol. The number of carbonyl (C=O) groups is 2. The Morgan fingerprint density at radius 2 is 1.33 bits per heavy atom. The second-order valence-electron chi connectivity index (χ2n) is 4.69. The molecule has 0 heterocycles. The van der Waals surface area contributed by atoms with Crippen LogP contribution in [0.1, 0.15) is 38.3 Å². The molecule has 104 valence electrons. The summed E-state index contributed by atoms with van der Waals surface area (Å²) in [5.74, 6) is -0.375. The van der Waals surface area contributed by atoms with Gasteiger partial charge in [0, 0.05) is 11.1 Å². The molecule has 0 amide bonds. The maximum absolute atomic E-state index is 12.3. The molecule has 0 aliphatic heterocycles. The summed E-state index contributed by atoms with van der Waals surface area (Å²) in [6.07, 6.45) is 3.20. The van der Waals surface area contributed by atoms with Crippen molar-refractivity contribution < 1.29 is 9.59 Å². The summed E-state index contributed by atoms with van der Waals surface area (Å²) < 4.78 is 0. The zero-order valence-electron chi connectivity index (χ0n) is 11.7. The third kappa shape index (κ3) is 3.63. The Hall–Kier alpha value is -2.74. The Bertz CT molecular complexity index is 671. The van der Waals surface area contributed by atoms with E-state index >= 15 is 0 Å². The molecule has 0 bridgehead atoms. The largest absolute Gasteiger partial charge is 0.294 e. The average molecular weight is 276 g/mol. The van der Waals surface area contributed by atoms with Crippen molar-refractivity contribution in [3.63, 3.8) is 0 Å². The van der Waals surface area contributed by atoms with Crippen molar-refractivity contribution in [1.29, 1.82) is 0 Å². The quantitative estimate of drug-likeness (QED) is 0.578. The second-order valence-corrected chi connectivity index (χ2v) is 4.69. The molecule has 0 unspecified atom stereocenters. The van der Waals surface area contributed by atoms with Crippen molar-refractivity contribution >= 4 is 23.7 Å². The Kier molecular flexibility index (Phi) is 4.62. The fourth-order valence-corrected chi connectivity index (χ4v) is 2.05. The Balaban J connectivity index is 2.22. The Labute approximate surface area is 124 Å². The maximum atomic E-state index is 12.3. The van der Waals surface area contributed by atoms with Crippen LogP contribution in [0.2, 0.25) is 0 Å². The molecule has 0 aromatic heterocycles. The smallest absolute Gasteiger partial charge is 0.170 e. The van der Waals surface area contributed by atoms with E-state index in [2.05, 4.69) is 13.2 Å². The van der Waals surface area contributed by atoms with Crippen LogP contribution in [-0.2, 0) is 0 Å². The Morgan fingerprint density at radius 1 is 0.810 bits per heavy atom. The molecule has 2 heteroatoms. The lowest BCUT2D eigenvalue weighted by molar-refractivity contribution is 0.0894. The van der Waals surface area contributed by atoms with Crippen molar-refractivity contribution in [2.45, 2.75) is 6.42 Å². The number of ketones is 2. The van der Waals surface area contributed by atoms with Crippen molar-refractivity contribution in [3.05, 3.63) is 83.9 Å². The molecule has 2 aromatic carbocycles. The van der Waals surface area contributed by atoms with Crippen molar-refractivity contribution in [2.75, 3.05) is 0 Å². The van der Waals surface area contributed by atoms with E-state index in [4.69, 9.17) is 0 Å². The summed E-state index contributed by atoms with van der Waals surface area (Å²) in [7, 11) is 0. The number of rotatable bonds is 6. The molecule has 2 nitrogen and oxygen atoms in total. The molecule has 0 aliphatic carbocycles. The highest BCUT2D eigenvalue weighted by molar-refractivity contribution is 6.13. The third-order valence-corrected chi connectivity index (χ3v) is 3.19. The average Bonchev–Trinajstić information content (AvgIpc) is 2.54. The molecule has 0 spiro atoms. The van der Waals surface area contributed by atoms with Crippen LogP contribution >= 0.6 is 0 Å². The topological polar surface area (TPSA) is 34.1 Å². The zero-order chi connectivity index (χ0) is 15.2. The molecule has 0 saturated heterocycles. The summed E-state index contributed by atoms with van der Waals surface area (Å²) >= 11 is 0. The number of Topliss-reactive ketones (excluding diaryl/α,β-unsaturated/α-hetero) is 2. The van der Waals surface area contributed by atoms with Gasteiger partial charge in [0.25, 0.3) is 0 Å². The molecule has 0 aliphatic rings. The molecule has 0 fully saturated rings. The summed E-state index contributed by atoms with van der Waals surface area (Å²) in [4.78, 5) is 24.4. The first-order valence-electron chi connectivity index (χ1n) is 6.65. The summed E-state index contributed by atoms with van der Waals surface area (Å²) in [6, 6.07) is 14.2. The van der Waals surface area contributed by atoms with E-state index in [9.17, 15) is 9.59 Å². The minimum absolute atomic E-state index is 0.138. The third-order valence-electron chi connectivity index (χ3n) is 3.19. The molecule has 2 rings (SSSR count). The molecular formula is C19H16O2. The van der Waals surface area contributed by atoms with Gasteiger partial charge in [-0.25, -0.2) is 0 Å². The molecule has 2 aromatic rings. The van der Waals surface area contributed by atoms with E-state index in [1.165, 1.54) is 0 Å². The van der Waals surface area contributed by atoms with E-state index in [0.717, 1.165) is 11.1 Å². The van der Waals surface area contributed by atoms with Crippen LogP contribution in [0.15, 0.2) is 61.7 Å². The SMILES string of the molecule is C=Cc1cc(C=C)cc(C(=O)CC(=O)c2ccccc2)c1. The maximum Gasteiger partial charge on any atom is 0.170 e. The van der Waals surface area contributed by atoms with E-state index in [0.29, 0.717) is 11.1 Å². The number of carbonyl (C=O) groups excluding carboxylic acids is 2. The van der Waals surface area contributed by atoms with E-state index in [-0.39, 0.29) is 18.0 Å². The lowest BCUT2D eigenvalue weighted by atomic mass is 9.98. The second kappa shape index (κ2) is 6.62. The van der Waals surface area contributed by atoms with Gasteiger partial charge in [-0.2, -0.15) is 0 Å². The lowest BCUT2D eigenvalue weighted by Crippen LogP contribution is -2.09. The predicted molar refractivity (Wildman–Crippen MR) is 86.3 cm³/mol. The highest BCUT2D eigenvalue weighted by Gasteiger charge is 2.14. The molecule has 0 N–H and O–H groups in total. The first-order valence-corrected chi connectivity index (χ1v) is 6.65. The molecule has 21 heavy (non-hydrogen) atoms. The molecule has 0 radical (unpaired) electrons. The van der Waals surface area contributed by atoms with Gasteiger partial charge in [-0.15, -0.1) is 0 Å². The van der Waals surface area contributed by atoms with Gasteiger partial charge in [0.2, 0.25) is 0 Å².